The van der Waals surface area contributed by atoms with E-state index in [0.29, 0.717) is 49.1 Å². The zero-order valence-corrected chi connectivity index (χ0v) is 20.6. The number of halogens is 3. The van der Waals surface area contributed by atoms with E-state index in [9.17, 15) is 9.50 Å². The maximum Gasteiger partial charge on any atom is 0.223 e. The number of alkyl halides is 1. The van der Waals surface area contributed by atoms with Gasteiger partial charge < -0.3 is 24.5 Å². The van der Waals surface area contributed by atoms with Gasteiger partial charge in [-0.1, -0.05) is 11.6 Å². The molecule has 4 atom stereocenters. The van der Waals surface area contributed by atoms with E-state index < -0.39 is 23.7 Å². The third-order valence-electron chi connectivity index (χ3n) is 8.05. The van der Waals surface area contributed by atoms with E-state index in [1.807, 2.05) is 24.5 Å². The molecule has 3 aromatic rings. The molecule has 3 saturated carbocycles. The van der Waals surface area contributed by atoms with Gasteiger partial charge in [-0.05, 0) is 45.2 Å². The first-order valence-electron chi connectivity index (χ1n) is 12.3. The number of benzene rings is 1. The normalized spacial score (nSPS) is 34.6. The van der Waals surface area contributed by atoms with Crippen molar-refractivity contribution in [1.82, 2.24) is 19.5 Å². The first-order valence-corrected chi connectivity index (χ1v) is 12.7. The standard InChI is InChI=1S/C25H26ClF2N5O3/c1-11(2)33-16-4-12(3-14(27)20(16)31-22(33)24-8-25(28,9-24)10-24)19-13(26)6-29-23(32-19)30-15-5-18-35-7-17(36-18)21(15)34/h3-4,6,11,15,17-18,21,34H,5,7-10H2,1-2H3,(H,29,30,32)/t15-,17+,18+,21+,24?,25?/m1/s1. The van der Waals surface area contributed by atoms with E-state index in [0.717, 1.165) is 5.82 Å². The molecule has 1 aromatic carbocycles. The fraction of sp³-hybridized carbons (Fsp3) is 0.560. The summed E-state index contributed by atoms with van der Waals surface area (Å²) in [6, 6.07) is 2.86. The molecule has 0 spiro atoms. The largest absolute Gasteiger partial charge is 0.388 e. The number of anilines is 1. The third-order valence-corrected chi connectivity index (χ3v) is 8.33. The van der Waals surface area contributed by atoms with Crippen LogP contribution in [0, 0.1) is 5.82 Å². The summed E-state index contributed by atoms with van der Waals surface area (Å²) in [7, 11) is 0. The van der Waals surface area contributed by atoms with Crippen molar-refractivity contribution in [3.05, 3.63) is 35.0 Å². The second kappa shape index (κ2) is 7.56. The highest BCUT2D eigenvalue weighted by molar-refractivity contribution is 6.33. The summed E-state index contributed by atoms with van der Waals surface area (Å²) in [5.41, 5.74) is 0.365. The number of ether oxygens (including phenoxy) is 2. The van der Waals surface area contributed by atoms with Crippen LogP contribution in [-0.2, 0) is 14.9 Å². The fourth-order valence-electron chi connectivity index (χ4n) is 6.42. The number of fused-ring (bicyclic) bond motifs is 3. The van der Waals surface area contributed by atoms with Crippen molar-refractivity contribution in [2.75, 3.05) is 11.9 Å². The molecule has 5 aliphatic rings. The van der Waals surface area contributed by atoms with Crippen LogP contribution >= 0.6 is 11.6 Å². The van der Waals surface area contributed by atoms with Gasteiger partial charge in [0.1, 0.15) is 29.2 Å². The average molecular weight is 518 g/mol. The highest BCUT2D eigenvalue weighted by atomic mass is 35.5. The van der Waals surface area contributed by atoms with Crippen LogP contribution in [0.15, 0.2) is 18.3 Å². The SMILES string of the molecule is CC(C)n1c(C23CC(F)(C2)C3)nc2c(F)cc(-c3nc(N[C@@H]4C[C@H]5OC[C@H](O5)[C@H]4O)ncc3Cl)cc21. The topological polar surface area (TPSA) is 94.3 Å². The molecule has 2 aliphatic heterocycles. The second-order valence-electron chi connectivity index (χ2n) is 11.0. The van der Waals surface area contributed by atoms with Crippen LogP contribution in [0.5, 0.6) is 0 Å². The molecule has 5 fully saturated rings. The van der Waals surface area contributed by atoms with E-state index in [1.54, 1.807) is 0 Å². The fourth-order valence-corrected chi connectivity index (χ4v) is 6.62. The summed E-state index contributed by atoms with van der Waals surface area (Å²) in [6.45, 7) is 4.37. The third kappa shape index (κ3) is 3.24. The van der Waals surface area contributed by atoms with E-state index in [1.165, 1.54) is 12.3 Å². The van der Waals surface area contributed by atoms with Crippen LogP contribution in [0.25, 0.3) is 22.3 Å². The number of aliphatic hydroxyl groups is 1. The van der Waals surface area contributed by atoms with Gasteiger partial charge in [-0.3, -0.25) is 0 Å². The van der Waals surface area contributed by atoms with Gasteiger partial charge in [0.15, 0.2) is 12.1 Å². The number of hydrogen-bond acceptors (Lipinski definition) is 7. The van der Waals surface area contributed by atoms with Gasteiger partial charge in [0.2, 0.25) is 5.95 Å². The first-order chi connectivity index (χ1) is 17.1. The molecule has 4 heterocycles. The van der Waals surface area contributed by atoms with Gasteiger partial charge in [0.25, 0.3) is 0 Å². The molecule has 2 aromatic heterocycles. The zero-order valence-electron chi connectivity index (χ0n) is 19.8. The Bertz CT molecular complexity index is 1380. The van der Waals surface area contributed by atoms with Gasteiger partial charge in [0, 0.05) is 23.4 Å². The van der Waals surface area contributed by atoms with Gasteiger partial charge >= 0.3 is 0 Å². The minimum absolute atomic E-state index is 0.00920. The Morgan fingerprint density at radius 3 is 2.75 bits per heavy atom. The van der Waals surface area contributed by atoms with E-state index in [4.69, 9.17) is 21.1 Å². The van der Waals surface area contributed by atoms with Crippen LogP contribution in [-0.4, -0.2) is 61.4 Å². The summed E-state index contributed by atoms with van der Waals surface area (Å²) >= 11 is 6.47. The van der Waals surface area contributed by atoms with E-state index >= 15 is 4.39 Å². The lowest BCUT2D eigenvalue weighted by Gasteiger charge is -2.65. The minimum Gasteiger partial charge on any atom is -0.388 e. The van der Waals surface area contributed by atoms with Crippen LogP contribution in [0.2, 0.25) is 5.02 Å². The molecule has 36 heavy (non-hydrogen) atoms. The summed E-state index contributed by atoms with van der Waals surface area (Å²) in [4.78, 5) is 13.5. The lowest BCUT2D eigenvalue weighted by molar-refractivity contribution is -0.163. The molecule has 2 saturated heterocycles. The zero-order chi connectivity index (χ0) is 25.0. The number of aromatic nitrogens is 4. The molecule has 2 N–H and O–H groups in total. The van der Waals surface area contributed by atoms with Crippen molar-refractivity contribution >= 4 is 28.6 Å². The van der Waals surface area contributed by atoms with Crippen molar-refractivity contribution in [3.63, 3.8) is 0 Å². The molecule has 0 radical (unpaired) electrons. The van der Waals surface area contributed by atoms with Gasteiger partial charge in [-0.15, -0.1) is 0 Å². The number of nitrogens with zero attached hydrogens (tertiary/aromatic N) is 4. The van der Waals surface area contributed by atoms with Gasteiger partial charge in [0.05, 0.1) is 35.1 Å². The van der Waals surface area contributed by atoms with Crippen LogP contribution in [0.4, 0.5) is 14.7 Å². The monoisotopic (exact) mass is 517 g/mol. The summed E-state index contributed by atoms with van der Waals surface area (Å²) in [5, 5.41) is 14.0. The Morgan fingerprint density at radius 2 is 2.03 bits per heavy atom. The molecule has 8 nitrogen and oxygen atoms in total. The Labute approximate surface area is 211 Å². The Kier molecular flexibility index (Phi) is 4.78. The van der Waals surface area contributed by atoms with E-state index in [-0.39, 0.29) is 40.3 Å². The molecule has 0 amide bonds. The Morgan fingerprint density at radius 1 is 1.25 bits per heavy atom. The van der Waals surface area contributed by atoms with Gasteiger partial charge in [-0.2, -0.15) is 0 Å². The number of nitrogens with one attached hydrogen (secondary N) is 1. The first kappa shape index (κ1) is 22.8. The number of imidazole rings is 1. The average Bonchev–Trinajstić information content (AvgIpc) is 3.38. The molecule has 11 heteroatoms. The lowest BCUT2D eigenvalue weighted by atomic mass is 9.42. The van der Waals surface area contributed by atoms with Crippen LogP contribution in [0.3, 0.4) is 0 Å². The lowest BCUT2D eigenvalue weighted by Crippen LogP contribution is -2.67. The van der Waals surface area contributed by atoms with Crippen molar-refractivity contribution in [3.8, 4) is 11.3 Å². The molecule has 3 aliphatic carbocycles. The van der Waals surface area contributed by atoms with Crippen LogP contribution < -0.4 is 5.32 Å². The highest BCUT2D eigenvalue weighted by Gasteiger charge is 2.71. The van der Waals surface area contributed by atoms with Crippen LogP contribution in [0.1, 0.15) is 51.4 Å². The Hall–Kier alpha value is -2.40. The quantitative estimate of drug-likeness (QED) is 0.521. The molecular formula is C25H26ClF2N5O3. The molecule has 0 unspecified atom stereocenters. The predicted molar refractivity (Wildman–Crippen MR) is 128 cm³/mol. The molecule has 4 bridgehead atoms. The highest BCUT2D eigenvalue weighted by Crippen LogP contribution is 2.70. The second-order valence-corrected chi connectivity index (χ2v) is 11.4. The molecule has 190 valence electrons. The van der Waals surface area contributed by atoms with Gasteiger partial charge in [-0.25, -0.2) is 23.7 Å². The predicted octanol–water partition coefficient (Wildman–Crippen LogP) is 4.30. The number of aliphatic hydroxyl groups excluding tert-OH is 1. The summed E-state index contributed by atoms with van der Waals surface area (Å²) in [5.74, 6) is 0.535. The minimum atomic E-state index is -1.08. The maximum atomic E-state index is 15.4. The maximum absolute atomic E-state index is 15.4. The molecule has 8 rings (SSSR count). The summed E-state index contributed by atoms with van der Waals surface area (Å²) < 4.78 is 42.8. The number of hydrogen-bond donors (Lipinski definition) is 2. The van der Waals surface area contributed by atoms with Crippen molar-refractivity contribution in [1.29, 1.82) is 0 Å². The smallest absolute Gasteiger partial charge is 0.223 e. The van der Waals surface area contributed by atoms with Crippen molar-refractivity contribution < 1.29 is 23.4 Å². The molecular weight excluding hydrogens is 492 g/mol. The van der Waals surface area contributed by atoms with Crippen molar-refractivity contribution in [2.24, 2.45) is 0 Å². The number of rotatable bonds is 5. The summed E-state index contributed by atoms with van der Waals surface area (Å²) in [6.07, 6.45) is 1.68. The Balaban J connectivity index is 1.27. The van der Waals surface area contributed by atoms with E-state index in [2.05, 4.69) is 20.3 Å². The van der Waals surface area contributed by atoms with Crippen molar-refractivity contribution in [2.45, 2.75) is 81.2 Å².